The summed E-state index contributed by atoms with van der Waals surface area (Å²) < 4.78 is 0. The molecule has 5 heteroatoms. The number of amides is 1. The van der Waals surface area contributed by atoms with Crippen molar-refractivity contribution in [1.82, 2.24) is 4.98 Å². The normalized spacial score (nSPS) is 11.7. The van der Waals surface area contributed by atoms with Crippen LogP contribution in [0.2, 0.25) is 0 Å². The lowest BCUT2D eigenvalue weighted by Gasteiger charge is -2.08. The van der Waals surface area contributed by atoms with Gasteiger partial charge in [-0.1, -0.05) is 32.4 Å². The quantitative estimate of drug-likeness (QED) is 0.877. The highest BCUT2D eigenvalue weighted by Crippen LogP contribution is 2.22. The fourth-order valence-corrected chi connectivity index (χ4v) is 2.99. The van der Waals surface area contributed by atoms with E-state index in [0.717, 1.165) is 29.7 Å². The second-order valence-electron chi connectivity index (χ2n) is 5.30. The van der Waals surface area contributed by atoms with Crippen molar-refractivity contribution in [3.8, 4) is 6.07 Å². The molecule has 4 nitrogen and oxygen atoms in total. The Bertz CT molecular complexity index is 670. The number of aromatic nitrogens is 1. The number of carbonyl (C=O) groups excluding carboxylic acids is 1. The van der Waals surface area contributed by atoms with Crippen LogP contribution in [0.25, 0.3) is 0 Å². The molecule has 1 atom stereocenters. The Morgan fingerprint density at radius 2 is 2.14 bits per heavy atom. The molecule has 1 aromatic carbocycles. The largest absolute Gasteiger partial charge is 0.302 e. The van der Waals surface area contributed by atoms with Gasteiger partial charge in [0.15, 0.2) is 5.13 Å². The fraction of sp³-hybridized carbons (Fsp3) is 0.353. The average Bonchev–Trinajstić information content (AvgIpc) is 2.95. The van der Waals surface area contributed by atoms with E-state index in [2.05, 4.69) is 23.3 Å². The number of hydrogen-bond acceptors (Lipinski definition) is 4. The first-order chi connectivity index (χ1) is 10.6. The van der Waals surface area contributed by atoms with Crippen molar-refractivity contribution in [3.05, 3.63) is 46.5 Å². The van der Waals surface area contributed by atoms with Gasteiger partial charge in [-0.2, -0.15) is 5.26 Å². The van der Waals surface area contributed by atoms with Crippen molar-refractivity contribution < 1.29 is 4.79 Å². The number of rotatable bonds is 6. The van der Waals surface area contributed by atoms with Crippen LogP contribution in [-0.4, -0.2) is 10.9 Å². The first-order valence-electron chi connectivity index (χ1n) is 7.37. The minimum Gasteiger partial charge on any atom is -0.302 e. The molecule has 1 N–H and O–H groups in total. The predicted octanol–water partition coefficient (Wildman–Crippen LogP) is 3.98. The van der Waals surface area contributed by atoms with Gasteiger partial charge in [-0.15, -0.1) is 11.3 Å². The van der Waals surface area contributed by atoms with Gasteiger partial charge in [0, 0.05) is 23.4 Å². The molecule has 2 rings (SSSR count). The highest BCUT2D eigenvalue weighted by atomic mass is 32.1. The lowest BCUT2D eigenvalue weighted by molar-refractivity contribution is -0.119. The summed E-state index contributed by atoms with van der Waals surface area (Å²) in [6.07, 6.45) is 4.43. The highest BCUT2D eigenvalue weighted by Gasteiger charge is 2.13. The van der Waals surface area contributed by atoms with Crippen LogP contribution in [0.5, 0.6) is 0 Å². The Kier molecular flexibility index (Phi) is 5.68. The molecule has 0 saturated carbocycles. The number of hydrogen-bond donors (Lipinski definition) is 1. The molecule has 2 aromatic rings. The maximum Gasteiger partial charge on any atom is 0.228 e. The maximum atomic E-state index is 12.0. The van der Waals surface area contributed by atoms with Crippen LogP contribution in [0, 0.1) is 17.2 Å². The zero-order chi connectivity index (χ0) is 15.9. The molecule has 0 saturated heterocycles. The van der Waals surface area contributed by atoms with Crippen molar-refractivity contribution in [2.45, 2.75) is 33.1 Å². The standard InChI is InChI=1S/C17H19N3OS/c1-3-4-12(2)16(21)20-17-19-11-15(22-17)9-13-5-7-14(10-18)8-6-13/h5-8,11-12H,3-4,9H2,1-2H3,(H,19,20,21). The molecule has 1 unspecified atom stereocenters. The zero-order valence-corrected chi connectivity index (χ0v) is 13.6. The van der Waals surface area contributed by atoms with Crippen molar-refractivity contribution in [2.24, 2.45) is 5.92 Å². The molecule has 0 radical (unpaired) electrons. The van der Waals surface area contributed by atoms with Gasteiger partial charge in [-0.3, -0.25) is 4.79 Å². The third kappa shape index (κ3) is 4.40. The molecule has 114 valence electrons. The molecule has 0 aliphatic heterocycles. The monoisotopic (exact) mass is 313 g/mol. The molecule has 1 amide bonds. The van der Waals surface area contributed by atoms with E-state index in [4.69, 9.17) is 5.26 Å². The number of nitriles is 1. The lowest BCUT2D eigenvalue weighted by atomic mass is 10.1. The summed E-state index contributed by atoms with van der Waals surface area (Å²) >= 11 is 1.49. The van der Waals surface area contributed by atoms with Gasteiger partial charge in [0.1, 0.15) is 0 Å². The molecule has 0 aliphatic carbocycles. The van der Waals surface area contributed by atoms with E-state index < -0.39 is 0 Å². The van der Waals surface area contributed by atoms with Crippen molar-refractivity contribution in [1.29, 1.82) is 5.26 Å². The highest BCUT2D eigenvalue weighted by molar-refractivity contribution is 7.15. The summed E-state index contributed by atoms with van der Waals surface area (Å²) in [6.45, 7) is 4.01. The summed E-state index contributed by atoms with van der Waals surface area (Å²) in [5, 5.41) is 12.3. The van der Waals surface area contributed by atoms with Crippen molar-refractivity contribution in [2.75, 3.05) is 5.32 Å². The first-order valence-corrected chi connectivity index (χ1v) is 8.18. The predicted molar refractivity (Wildman–Crippen MR) is 88.8 cm³/mol. The number of carbonyl (C=O) groups is 1. The van der Waals surface area contributed by atoms with Crippen molar-refractivity contribution >= 4 is 22.4 Å². The molecule has 1 aromatic heterocycles. The van der Waals surface area contributed by atoms with E-state index in [9.17, 15) is 4.79 Å². The number of benzene rings is 1. The number of nitrogens with one attached hydrogen (secondary N) is 1. The Balaban J connectivity index is 1.96. The molecule has 1 heterocycles. The van der Waals surface area contributed by atoms with Gasteiger partial charge >= 0.3 is 0 Å². The van der Waals surface area contributed by atoms with E-state index in [-0.39, 0.29) is 11.8 Å². The van der Waals surface area contributed by atoms with Gasteiger partial charge in [0.2, 0.25) is 5.91 Å². The Morgan fingerprint density at radius 1 is 1.41 bits per heavy atom. The third-order valence-corrected chi connectivity index (χ3v) is 4.33. The maximum absolute atomic E-state index is 12.0. The van der Waals surface area contributed by atoms with Gasteiger partial charge in [-0.05, 0) is 24.1 Å². The van der Waals surface area contributed by atoms with Crippen LogP contribution in [-0.2, 0) is 11.2 Å². The van der Waals surface area contributed by atoms with Crippen LogP contribution in [0.3, 0.4) is 0 Å². The summed E-state index contributed by atoms with van der Waals surface area (Å²) in [6, 6.07) is 9.62. The minimum absolute atomic E-state index is 0.0101. The molecule has 0 aliphatic rings. The minimum atomic E-state index is 0.0101. The van der Waals surface area contributed by atoms with Crippen LogP contribution in [0.1, 0.15) is 42.7 Å². The molecular weight excluding hydrogens is 294 g/mol. The van der Waals surface area contributed by atoms with E-state index >= 15 is 0 Å². The Hall–Kier alpha value is -2.19. The van der Waals surface area contributed by atoms with Gasteiger partial charge in [0.05, 0.1) is 11.6 Å². The summed E-state index contributed by atoms with van der Waals surface area (Å²) in [7, 11) is 0. The SMILES string of the molecule is CCCC(C)C(=O)Nc1ncc(Cc2ccc(C#N)cc2)s1. The van der Waals surface area contributed by atoms with Gasteiger partial charge in [0.25, 0.3) is 0 Å². The lowest BCUT2D eigenvalue weighted by Crippen LogP contribution is -2.19. The third-order valence-electron chi connectivity index (χ3n) is 3.41. The van der Waals surface area contributed by atoms with E-state index in [1.165, 1.54) is 11.3 Å². The number of thiazole rings is 1. The summed E-state index contributed by atoms with van der Waals surface area (Å²) in [4.78, 5) is 17.3. The smallest absolute Gasteiger partial charge is 0.228 e. The van der Waals surface area contributed by atoms with Crippen LogP contribution < -0.4 is 5.32 Å². The van der Waals surface area contributed by atoms with E-state index in [1.807, 2.05) is 31.2 Å². The van der Waals surface area contributed by atoms with Gasteiger partial charge in [-0.25, -0.2) is 4.98 Å². The van der Waals surface area contributed by atoms with Crippen LogP contribution in [0.4, 0.5) is 5.13 Å². The second kappa shape index (κ2) is 7.71. The Morgan fingerprint density at radius 3 is 2.77 bits per heavy atom. The van der Waals surface area contributed by atoms with Crippen molar-refractivity contribution in [3.63, 3.8) is 0 Å². The van der Waals surface area contributed by atoms with E-state index in [1.54, 1.807) is 6.20 Å². The fourth-order valence-electron chi connectivity index (χ4n) is 2.14. The molecular formula is C17H19N3OS. The summed E-state index contributed by atoms with van der Waals surface area (Å²) in [5.41, 5.74) is 1.78. The van der Waals surface area contributed by atoms with Crippen LogP contribution >= 0.6 is 11.3 Å². The number of nitrogens with zero attached hydrogens (tertiary/aromatic N) is 2. The second-order valence-corrected chi connectivity index (χ2v) is 6.41. The Labute approximate surface area is 134 Å². The summed E-state index contributed by atoms with van der Waals surface area (Å²) in [5.74, 6) is 0.0389. The van der Waals surface area contributed by atoms with Gasteiger partial charge < -0.3 is 5.32 Å². The molecule has 0 fully saturated rings. The molecule has 0 bridgehead atoms. The zero-order valence-electron chi connectivity index (χ0n) is 12.8. The first kappa shape index (κ1) is 16.2. The number of anilines is 1. The topological polar surface area (TPSA) is 65.8 Å². The average molecular weight is 313 g/mol. The van der Waals surface area contributed by atoms with Crippen LogP contribution in [0.15, 0.2) is 30.5 Å². The van der Waals surface area contributed by atoms with E-state index in [0.29, 0.717) is 10.7 Å². The molecule has 0 spiro atoms. The molecule has 22 heavy (non-hydrogen) atoms.